The summed E-state index contributed by atoms with van der Waals surface area (Å²) in [5.41, 5.74) is 1.79. The number of amides is 1. The fourth-order valence-corrected chi connectivity index (χ4v) is 2.16. The van der Waals surface area contributed by atoms with Crippen molar-refractivity contribution >= 4 is 22.6 Å². The fraction of sp³-hybridized carbons (Fsp3) is 0.176. The second-order valence-corrected chi connectivity index (χ2v) is 5.16. The van der Waals surface area contributed by atoms with E-state index in [9.17, 15) is 4.79 Å². The lowest BCUT2D eigenvalue weighted by molar-refractivity contribution is 0.102. The molecule has 2 aromatic heterocycles. The number of pyridine rings is 1. The molecule has 0 bridgehead atoms. The van der Waals surface area contributed by atoms with E-state index >= 15 is 0 Å². The maximum atomic E-state index is 12.4. The van der Waals surface area contributed by atoms with E-state index in [0.29, 0.717) is 22.6 Å². The van der Waals surface area contributed by atoms with E-state index in [1.54, 1.807) is 42.9 Å². The molecule has 1 aromatic carbocycles. The largest absolute Gasteiger partial charge is 0.490 e. The second kappa shape index (κ2) is 5.89. The highest BCUT2D eigenvalue weighted by Gasteiger charge is 2.14. The number of hydrogen-bond acceptors (Lipinski definition) is 4. The molecule has 3 aromatic rings. The number of anilines is 1. The third-order valence-corrected chi connectivity index (χ3v) is 3.10. The number of carbonyl (C=O) groups is 1. The van der Waals surface area contributed by atoms with Crippen molar-refractivity contribution in [1.29, 1.82) is 0 Å². The standard InChI is InChI=1S/C17H16N2O3/c1-11(2)22-16-10-12(9-15-14(16)5-8-21-15)17(20)19-13-3-6-18-7-4-13/h3-11H,1-2H3,(H,18,19,20). The first-order valence-corrected chi connectivity index (χ1v) is 7.03. The summed E-state index contributed by atoms with van der Waals surface area (Å²) in [6, 6.07) is 8.73. The number of benzene rings is 1. The highest BCUT2D eigenvalue weighted by molar-refractivity contribution is 6.06. The molecule has 0 spiro atoms. The Balaban J connectivity index is 1.94. The van der Waals surface area contributed by atoms with Gasteiger partial charge in [0.15, 0.2) is 0 Å². The van der Waals surface area contributed by atoms with Crippen LogP contribution in [0.3, 0.4) is 0 Å². The summed E-state index contributed by atoms with van der Waals surface area (Å²) >= 11 is 0. The van der Waals surface area contributed by atoms with Crippen LogP contribution in [0.5, 0.6) is 5.75 Å². The van der Waals surface area contributed by atoms with Crippen LogP contribution in [0, 0.1) is 0 Å². The molecular weight excluding hydrogens is 280 g/mol. The third-order valence-electron chi connectivity index (χ3n) is 3.10. The van der Waals surface area contributed by atoms with E-state index in [1.165, 1.54) is 0 Å². The first kappa shape index (κ1) is 14.1. The summed E-state index contributed by atoms with van der Waals surface area (Å²) in [4.78, 5) is 16.3. The van der Waals surface area contributed by atoms with Gasteiger partial charge in [-0.1, -0.05) is 0 Å². The van der Waals surface area contributed by atoms with Crippen LogP contribution in [0.15, 0.2) is 53.4 Å². The summed E-state index contributed by atoms with van der Waals surface area (Å²) in [5, 5.41) is 3.68. The van der Waals surface area contributed by atoms with Gasteiger partial charge in [-0.2, -0.15) is 0 Å². The van der Waals surface area contributed by atoms with Crippen molar-refractivity contribution in [3.8, 4) is 5.75 Å². The molecule has 0 aliphatic heterocycles. The van der Waals surface area contributed by atoms with Crippen LogP contribution in [0.2, 0.25) is 0 Å². The molecule has 0 aliphatic rings. The van der Waals surface area contributed by atoms with Gasteiger partial charge in [0.25, 0.3) is 5.91 Å². The number of ether oxygens (including phenoxy) is 1. The van der Waals surface area contributed by atoms with Crippen LogP contribution in [0.25, 0.3) is 11.0 Å². The van der Waals surface area contributed by atoms with Gasteiger partial charge in [0.2, 0.25) is 0 Å². The van der Waals surface area contributed by atoms with Crippen molar-refractivity contribution in [2.45, 2.75) is 20.0 Å². The smallest absolute Gasteiger partial charge is 0.255 e. The predicted molar refractivity (Wildman–Crippen MR) is 84.2 cm³/mol. The molecule has 22 heavy (non-hydrogen) atoms. The minimum Gasteiger partial charge on any atom is -0.490 e. The molecule has 0 atom stereocenters. The zero-order valence-electron chi connectivity index (χ0n) is 12.4. The monoisotopic (exact) mass is 296 g/mol. The first-order chi connectivity index (χ1) is 10.6. The number of nitrogens with one attached hydrogen (secondary N) is 1. The molecule has 0 fully saturated rings. The quantitative estimate of drug-likeness (QED) is 0.793. The van der Waals surface area contributed by atoms with Gasteiger partial charge in [-0.05, 0) is 44.2 Å². The minimum absolute atomic E-state index is 0.0107. The minimum atomic E-state index is -0.224. The average Bonchev–Trinajstić information content (AvgIpc) is 2.96. The summed E-state index contributed by atoms with van der Waals surface area (Å²) in [5.74, 6) is 0.416. The Morgan fingerprint density at radius 1 is 1.23 bits per heavy atom. The number of nitrogens with zero attached hydrogens (tertiary/aromatic N) is 1. The lowest BCUT2D eigenvalue weighted by Crippen LogP contribution is -2.13. The highest BCUT2D eigenvalue weighted by atomic mass is 16.5. The third kappa shape index (κ3) is 2.93. The zero-order chi connectivity index (χ0) is 15.5. The summed E-state index contributed by atoms with van der Waals surface area (Å²) < 4.78 is 11.2. The Hall–Kier alpha value is -2.82. The van der Waals surface area contributed by atoms with E-state index < -0.39 is 0 Å². The molecule has 0 aliphatic carbocycles. The zero-order valence-corrected chi connectivity index (χ0v) is 12.4. The Morgan fingerprint density at radius 2 is 2.00 bits per heavy atom. The molecule has 0 saturated carbocycles. The van der Waals surface area contributed by atoms with Crippen LogP contribution < -0.4 is 10.1 Å². The van der Waals surface area contributed by atoms with Crippen LogP contribution in [-0.2, 0) is 0 Å². The Labute approximate surface area is 127 Å². The summed E-state index contributed by atoms with van der Waals surface area (Å²) in [7, 11) is 0. The molecule has 1 amide bonds. The average molecular weight is 296 g/mol. The lowest BCUT2D eigenvalue weighted by atomic mass is 10.1. The van der Waals surface area contributed by atoms with Gasteiger partial charge < -0.3 is 14.5 Å². The normalized spacial score (nSPS) is 10.9. The van der Waals surface area contributed by atoms with Gasteiger partial charge in [0.1, 0.15) is 11.3 Å². The van der Waals surface area contributed by atoms with Crippen molar-refractivity contribution in [3.05, 3.63) is 54.6 Å². The molecular formula is C17H16N2O3. The molecule has 5 nitrogen and oxygen atoms in total. The van der Waals surface area contributed by atoms with Gasteiger partial charge in [-0.3, -0.25) is 9.78 Å². The Morgan fingerprint density at radius 3 is 2.73 bits per heavy atom. The fourth-order valence-electron chi connectivity index (χ4n) is 2.16. The van der Waals surface area contributed by atoms with E-state index in [2.05, 4.69) is 10.3 Å². The topological polar surface area (TPSA) is 64.4 Å². The SMILES string of the molecule is CC(C)Oc1cc(C(=O)Nc2ccncc2)cc2occc12. The van der Waals surface area contributed by atoms with Crippen molar-refractivity contribution in [3.63, 3.8) is 0 Å². The Bertz CT molecular complexity index is 794. The molecule has 1 N–H and O–H groups in total. The van der Waals surface area contributed by atoms with Crippen molar-refractivity contribution in [2.75, 3.05) is 5.32 Å². The molecule has 0 radical (unpaired) electrons. The number of furan rings is 1. The molecule has 2 heterocycles. The first-order valence-electron chi connectivity index (χ1n) is 7.03. The van der Waals surface area contributed by atoms with E-state index in [-0.39, 0.29) is 12.0 Å². The highest BCUT2D eigenvalue weighted by Crippen LogP contribution is 2.29. The van der Waals surface area contributed by atoms with Crippen molar-refractivity contribution < 1.29 is 13.9 Å². The summed E-state index contributed by atoms with van der Waals surface area (Å²) in [6.45, 7) is 3.88. The van der Waals surface area contributed by atoms with Crippen molar-refractivity contribution in [1.82, 2.24) is 4.98 Å². The van der Waals surface area contributed by atoms with E-state index in [4.69, 9.17) is 9.15 Å². The van der Waals surface area contributed by atoms with Gasteiger partial charge >= 0.3 is 0 Å². The summed E-state index contributed by atoms with van der Waals surface area (Å²) in [6.07, 6.45) is 4.84. The van der Waals surface area contributed by atoms with Crippen LogP contribution in [-0.4, -0.2) is 17.0 Å². The maximum Gasteiger partial charge on any atom is 0.255 e. The Kier molecular flexibility index (Phi) is 3.78. The molecule has 5 heteroatoms. The number of hydrogen-bond donors (Lipinski definition) is 1. The van der Waals surface area contributed by atoms with Gasteiger partial charge in [-0.15, -0.1) is 0 Å². The maximum absolute atomic E-state index is 12.4. The van der Waals surface area contributed by atoms with Gasteiger partial charge in [-0.25, -0.2) is 0 Å². The van der Waals surface area contributed by atoms with Crippen LogP contribution >= 0.6 is 0 Å². The predicted octanol–water partition coefficient (Wildman–Crippen LogP) is 3.87. The molecule has 0 saturated heterocycles. The number of fused-ring (bicyclic) bond motifs is 1. The second-order valence-electron chi connectivity index (χ2n) is 5.16. The lowest BCUT2D eigenvalue weighted by Gasteiger charge is -2.12. The van der Waals surface area contributed by atoms with Gasteiger partial charge in [0.05, 0.1) is 17.8 Å². The molecule has 3 rings (SSSR count). The van der Waals surface area contributed by atoms with Crippen molar-refractivity contribution in [2.24, 2.45) is 0 Å². The van der Waals surface area contributed by atoms with Crippen LogP contribution in [0.4, 0.5) is 5.69 Å². The number of rotatable bonds is 4. The van der Waals surface area contributed by atoms with E-state index in [1.807, 2.05) is 19.9 Å². The number of carbonyl (C=O) groups excluding carboxylic acids is 1. The van der Waals surface area contributed by atoms with E-state index in [0.717, 1.165) is 5.39 Å². The molecule has 0 unspecified atom stereocenters. The number of aromatic nitrogens is 1. The van der Waals surface area contributed by atoms with Gasteiger partial charge in [0, 0.05) is 23.6 Å². The van der Waals surface area contributed by atoms with Crippen LogP contribution in [0.1, 0.15) is 24.2 Å². The molecule has 112 valence electrons.